The summed E-state index contributed by atoms with van der Waals surface area (Å²) in [5, 5.41) is 9.53. The molecule has 0 radical (unpaired) electrons. The highest BCUT2D eigenvalue weighted by molar-refractivity contribution is 5.80. The molecular formula is C14H19F3N4O. The number of carbonyl (C=O) groups excluding carboxylic acids is 1. The molecule has 0 bridgehead atoms. The molecule has 1 amide bonds. The summed E-state index contributed by atoms with van der Waals surface area (Å²) < 4.78 is 38.9. The van der Waals surface area contributed by atoms with Crippen molar-refractivity contribution < 1.29 is 18.0 Å². The summed E-state index contributed by atoms with van der Waals surface area (Å²) >= 11 is 0. The van der Waals surface area contributed by atoms with Gasteiger partial charge < -0.3 is 10.2 Å². The number of halogens is 3. The number of aromatic nitrogens is 2. The first-order valence-electron chi connectivity index (χ1n) is 7.52. The Hall–Kier alpha value is -1.57. The van der Waals surface area contributed by atoms with E-state index in [0.29, 0.717) is 19.0 Å². The predicted octanol–water partition coefficient (Wildman–Crippen LogP) is 1.51. The number of aromatic amines is 1. The summed E-state index contributed by atoms with van der Waals surface area (Å²) in [5.41, 5.74) is 1.03. The molecule has 2 N–H and O–H groups in total. The van der Waals surface area contributed by atoms with Crippen LogP contribution in [0.1, 0.15) is 24.5 Å². The lowest BCUT2D eigenvalue weighted by atomic mass is 9.90. The Balaban J connectivity index is 1.60. The smallest absolute Gasteiger partial charge is 0.342 e. The molecule has 2 aliphatic rings. The van der Waals surface area contributed by atoms with E-state index in [4.69, 9.17) is 0 Å². The molecule has 1 aromatic heterocycles. The summed E-state index contributed by atoms with van der Waals surface area (Å²) in [6.07, 6.45) is -1.13. The molecule has 2 fully saturated rings. The van der Waals surface area contributed by atoms with Gasteiger partial charge in [-0.15, -0.1) is 0 Å². The molecule has 3 heterocycles. The lowest BCUT2D eigenvalue weighted by molar-refractivity contribution is -0.185. The van der Waals surface area contributed by atoms with E-state index in [-0.39, 0.29) is 19.0 Å². The second-order valence-electron chi connectivity index (χ2n) is 6.02. The maximum absolute atomic E-state index is 13.0. The van der Waals surface area contributed by atoms with Crippen molar-refractivity contribution in [3.63, 3.8) is 0 Å². The van der Waals surface area contributed by atoms with Crippen molar-refractivity contribution in [3.8, 4) is 0 Å². The van der Waals surface area contributed by atoms with Crippen LogP contribution in [-0.2, 0) is 4.79 Å². The molecule has 22 heavy (non-hydrogen) atoms. The molecule has 8 heteroatoms. The van der Waals surface area contributed by atoms with Crippen molar-refractivity contribution in [3.05, 3.63) is 18.0 Å². The molecule has 0 unspecified atom stereocenters. The fourth-order valence-electron chi connectivity index (χ4n) is 3.42. The van der Waals surface area contributed by atoms with Crippen LogP contribution < -0.4 is 5.32 Å². The van der Waals surface area contributed by atoms with Crippen LogP contribution in [-0.4, -0.2) is 53.4 Å². The van der Waals surface area contributed by atoms with Crippen LogP contribution in [0.2, 0.25) is 0 Å². The van der Waals surface area contributed by atoms with E-state index in [1.54, 1.807) is 11.1 Å². The zero-order valence-corrected chi connectivity index (χ0v) is 12.1. The first-order valence-corrected chi connectivity index (χ1v) is 7.52. The molecule has 0 saturated carbocycles. The minimum atomic E-state index is -4.32. The van der Waals surface area contributed by atoms with Crippen LogP contribution in [0.25, 0.3) is 0 Å². The second-order valence-corrected chi connectivity index (χ2v) is 6.02. The van der Waals surface area contributed by atoms with E-state index in [1.165, 1.54) is 0 Å². The summed E-state index contributed by atoms with van der Waals surface area (Å²) in [6, 6.07) is 1.91. The predicted molar refractivity (Wildman–Crippen MR) is 73.0 cm³/mol. The van der Waals surface area contributed by atoms with Crippen LogP contribution >= 0.6 is 0 Å². The van der Waals surface area contributed by atoms with Gasteiger partial charge in [0.1, 0.15) is 0 Å². The van der Waals surface area contributed by atoms with E-state index in [2.05, 4.69) is 15.5 Å². The first kappa shape index (κ1) is 15.3. The zero-order chi connectivity index (χ0) is 15.7. The summed E-state index contributed by atoms with van der Waals surface area (Å²) in [5.74, 6) is -2.61. The fourth-order valence-corrected chi connectivity index (χ4v) is 3.42. The molecule has 0 aromatic carbocycles. The summed E-state index contributed by atoms with van der Waals surface area (Å²) in [7, 11) is 0. The van der Waals surface area contributed by atoms with Crippen LogP contribution in [0.3, 0.4) is 0 Å². The number of piperidine rings is 1. The maximum Gasteiger partial charge on any atom is 0.393 e. The van der Waals surface area contributed by atoms with Gasteiger partial charge >= 0.3 is 6.18 Å². The molecule has 122 valence electrons. The van der Waals surface area contributed by atoms with E-state index in [0.717, 1.165) is 18.5 Å². The molecule has 5 nitrogen and oxygen atoms in total. The van der Waals surface area contributed by atoms with E-state index >= 15 is 0 Å². The van der Waals surface area contributed by atoms with Crippen molar-refractivity contribution >= 4 is 5.91 Å². The van der Waals surface area contributed by atoms with Crippen LogP contribution in [0, 0.1) is 11.8 Å². The highest BCUT2D eigenvalue weighted by Gasteiger charge is 2.50. The topological polar surface area (TPSA) is 61.0 Å². The van der Waals surface area contributed by atoms with Crippen LogP contribution in [0.5, 0.6) is 0 Å². The lowest BCUT2D eigenvalue weighted by Crippen LogP contribution is -2.45. The molecule has 2 aliphatic heterocycles. The van der Waals surface area contributed by atoms with Crippen LogP contribution in [0.15, 0.2) is 12.3 Å². The molecule has 0 spiro atoms. The fraction of sp³-hybridized carbons (Fsp3) is 0.714. The number of nitrogens with one attached hydrogen (secondary N) is 2. The Kier molecular flexibility index (Phi) is 4.12. The average Bonchev–Trinajstić information content (AvgIpc) is 3.17. The summed E-state index contributed by atoms with van der Waals surface area (Å²) in [4.78, 5) is 14.0. The van der Waals surface area contributed by atoms with Gasteiger partial charge in [0.2, 0.25) is 5.91 Å². The van der Waals surface area contributed by atoms with Gasteiger partial charge in [-0.1, -0.05) is 0 Å². The number of amides is 1. The molecule has 1 aromatic rings. The lowest BCUT2D eigenvalue weighted by Gasteiger charge is -2.34. The highest BCUT2D eigenvalue weighted by atomic mass is 19.4. The molecule has 0 aliphatic carbocycles. The van der Waals surface area contributed by atoms with Gasteiger partial charge in [0.25, 0.3) is 0 Å². The molecule has 2 saturated heterocycles. The Morgan fingerprint density at radius 1 is 1.27 bits per heavy atom. The third kappa shape index (κ3) is 2.97. The van der Waals surface area contributed by atoms with Gasteiger partial charge in [0, 0.05) is 44.0 Å². The molecule has 2 atom stereocenters. The zero-order valence-electron chi connectivity index (χ0n) is 12.1. The quantitative estimate of drug-likeness (QED) is 0.869. The number of hydrogen-bond donors (Lipinski definition) is 2. The van der Waals surface area contributed by atoms with Crippen molar-refractivity contribution in [2.45, 2.75) is 24.9 Å². The number of rotatable bonds is 2. The molecule has 3 rings (SSSR count). The number of H-pyrrole nitrogens is 1. The third-order valence-electron chi connectivity index (χ3n) is 4.72. The van der Waals surface area contributed by atoms with Crippen LogP contribution in [0.4, 0.5) is 13.2 Å². The SMILES string of the molecule is O=C([C@@H]1CNC[C@H]1C(F)(F)F)N1CCC(c2ccn[nH]2)CC1. The normalized spacial score (nSPS) is 27.3. The van der Waals surface area contributed by atoms with Crippen molar-refractivity contribution in [2.75, 3.05) is 26.2 Å². The maximum atomic E-state index is 13.0. The standard InChI is InChI=1S/C14H19F3N4O/c15-14(16,17)11-8-18-7-10(11)13(22)21-5-2-9(3-6-21)12-1-4-19-20-12/h1,4,9-11,18H,2-3,5-8H2,(H,19,20)/t10-,11-/m1/s1. The largest absolute Gasteiger partial charge is 0.393 e. The van der Waals surface area contributed by atoms with E-state index in [1.807, 2.05) is 6.07 Å². The van der Waals surface area contributed by atoms with Crippen molar-refractivity contribution in [1.82, 2.24) is 20.4 Å². The number of alkyl halides is 3. The van der Waals surface area contributed by atoms with Gasteiger partial charge in [-0.2, -0.15) is 18.3 Å². The monoisotopic (exact) mass is 316 g/mol. The van der Waals surface area contributed by atoms with Gasteiger partial charge in [0.05, 0.1) is 11.8 Å². The number of nitrogens with zero attached hydrogens (tertiary/aromatic N) is 2. The Morgan fingerprint density at radius 3 is 2.59 bits per heavy atom. The Labute approximate surface area is 126 Å². The van der Waals surface area contributed by atoms with Gasteiger partial charge in [-0.25, -0.2) is 0 Å². The van der Waals surface area contributed by atoms with Gasteiger partial charge in [-0.05, 0) is 18.9 Å². The van der Waals surface area contributed by atoms with Gasteiger partial charge in [0.15, 0.2) is 0 Å². The Morgan fingerprint density at radius 2 is 2.00 bits per heavy atom. The second kappa shape index (κ2) is 5.91. The minimum Gasteiger partial charge on any atom is -0.342 e. The third-order valence-corrected chi connectivity index (χ3v) is 4.72. The average molecular weight is 316 g/mol. The minimum absolute atomic E-state index is 0.115. The number of likely N-dealkylation sites (tertiary alicyclic amines) is 1. The van der Waals surface area contributed by atoms with Crippen molar-refractivity contribution in [1.29, 1.82) is 0 Å². The first-order chi connectivity index (χ1) is 10.5. The highest BCUT2D eigenvalue weighted by Crippen LogP contribution is 2.36. The summed E-state index contributed by atoms with van der Waals surface area (Å²) in [6.45, 7) is 0.960. The van der Waals surface area contributed by atoms with Gasteiger partial charge in [-0.3, -0.25) is 9.89 Å². The molecular weight excluding hydrogens is 297 g/mol. The van der Waals surface area contributed by atoms with Crippen molar-refractivity contribution in [2.24, 2.45) is 11.8 Å². The number of carbonyl (C=O) groups is 1. The Bertz CT molecular complexity index is 509. The number of hydrogen-bond acceptors (Lipinski definition) is 3. The van der Waals surface area contributed by atoms with E-state index < -0.39 is 18.0 Å². The van der Waals surface area contributed by atoms with E-state index in [9.17, 15) is 18.0 Å².